The lowest BCUT2D eigenvalue weighted by Crippen LogP contribution is -2.26. The van der Waals surface area contributed by atoms with Crippen LogP contribution in [0.1, 0.15) is 30.3 Å². The van der Waals surface area contributed by atoms with Crippen LogP contribution in [0.25, 0.3) is 6.08 Å². The maximum absolute atomic E-state index is 14.5. The average Bonchev–Trinajstić information content (AvgIpc) is 2.75. The summed E-state index contributed by atoms with van der Waals surface area (Å²) in [5, 5.41) is 9.21. The smallest absolute Gasteiger partial charge is 0.201 e. The molecule has 0 bridgehead atoms. The second kappa shape index (κ2) is 10.3. The molecule has 7 heteroatoms. The number of ether oxygens (including phenoxy) is 3. The first kappa shape index (κ1) is 21.9. The molecule has 0 unspecified atom stereocenters. The van der Waals surface area contributed by atoms with E-state index in [0.717, 1.165) is 6.42 Å². The molecular weight excluding hydrogens is 397 g/mol. The fourth-order valence-electron chi connectivity index (χ4n) is 2.93. The molecule has 2 aromatic carbocycles. The van der Waals surface area contributed by atoms with Gasteiger partial charge in [-0.1, -0.05) is 24.3 Å². The molecule has 0 aliphatic carbocycles. The third-order valence-electron chi connectivity index (χ3n) is 4.60. The quantitative estimate of drug-likeness (QED) is 0.451. The number of phenols is 1. The number of benzene rings is 2. The SMILES string of the molecule is C=CCCCOc1ccc(C2OCC(/C=C/c3ccc(O)c(F)c3)CO2)c(F)c1F. The van der Waals surface area contributed by atoms with Crippen LogP contribution < -0.4 is 4.74 Å². The highest BCUT2D eigenvalue weighted by Crippen LogP contribution is 2.32. The molecule has 0 atom stereocenters. The predicted octanol–water partition coefficient (Wildman–Crippen LogP) is 5.53. The van der Waals surface area contributed by atoms with Gasteiger partial charge in [-0.05, 0) is 42.7 Å². The predicted molar refractivity (Wildman–Crippen MR) is 107 cm³/mol. The van der Waals surface area contributed by atoms with E-state index in [0.29, 0.717) is 12.0 Å². The summed E-state index contributed by atoms with van der Waals surface area (Å²) in [5.41, 5.74) is 0.540. The van der Waals surface area contributed by atoms with Crippen molar-refractivity contribution in [3.63, 3.8) is 0 Å². The summed E-state index contributed by atoms with van der Waals surface area (Å²) in [7, 11) is 0. The number of allylic oxidation sites excluding steroid dienone is 1. The van der Waals surface area contributed by atoms with Gasteiger partial charge in [-0.2, -0.15) is 4.39 Å². The molecule has 0 saturated carbocycles. The Hall–Kier alpha value is -2.77. The fraction of sp³-hybridized carbons (Fsp3) is 0.304. The van der Waals surface area contributed by atoms with Gasteiger partial charge < -0.3 is 19.3 Å². The fourth-order valence-corrected chi connectivity index (χ4v) is 2.93. The van der Waals surface area contributed by atoms with Gasteiger partial charge in [0, 0.05) is 11.5 Å². The van der Waals surface area contributed by atoms with Gasteiger partial charge in [-0.25, -0.2) is 8.78 Å². The van der Waals surface area contributed by atoms with Gasteiger partial charge >= 0.3 is 0 Å². The van der Waals surface area contributed by atoms with E-state index in [1.54, 1.807) is 24.3 Å². The zero-order valence-corrected chi connectivity index (χ0v) is 16.3. The summed E-state index contributed by atoms with van der Waals surface area (Å²) >= 11 is 0. The third kappa shape index (κ3) is 5.43. The lowest BCUT2D eigenvalue weighted by Gasteiger charge is -2.28. The van der Waals surface area contributed by atoms with Crippen LogP contribution in [-0.2, 0) is 9.47 Å². The van der Waals surface area contributed by atoms with E-state index in [2.05, 4.69) is 6.58 Å². The topological polar surface area (TPSA) is 47.9 Å². The van der Waals surface area contributed by atoms with Gasteiger partial charge in [0.05, 0.1) is 19.8 Å². The van der Waals surface area contributed by atoms with E-state index in [1.165, 1.54) is 24.3 Å². The van der Waals surface area contributed by atoms with E-state index in [-0.39, 0.29) is 37.1 Å². The molecular formula is C23H23F3O4. The minimum atomic E-state index is -1.07. The molecule has 4 nitrogen and oxygen atoms in total. The summed E-state index contributed by atoms with van der Waals surface area (Å²) in [6.45, 7) is 4.30. The van der Waals surface area contributed by atoms with E-state index in [1.807, 2.05) is 0 Å². The second-order valence-electron chi connectivity index (χ2n) is 6.89. The molecule has 1 aliphatic heterocycles. The number of rotatable bonds is 8. The molecule has 160 valence electrons. The van der Waals surface area contributed by atoms with Crippen molar-refractivity contribution in [3.8, 4) is 11.5 Å². The first-order valence-electron chi connectivity index (χ1n) is 9.61. The number of unbranched alkanes of at least 4 members (excludes halogenated alkanes) is 1. The molecule has 2 aromatic rings. The minimum Gasteiger partial charge on any atom is -0.505 e. The van der Waals surface area contributed by atoms with Crippen molar-refractivity contribution in [2.75, 3.05) is 19.8 Å². The van der Waals surface area contributed by atoms with E-state index in [4.69, 9.17) is 14.2 Å². The molecule has 1 fully saturated rings. The first-order valence-corrected chi connectivity index (χ1v) is 9.61. The van der Waals surface area contributed by atoms with Crippen LogP contribution in [0.15, 0.2) is 49.1 Å². The highest BCUT2D eigenvalue weighted by Gasteiger charge is 2.27. The Morgan fingerprint density at radius 3 is 2.57 bits per heavy atom. The second-order valence-corrected chi connectivity index (χ2v) is 6.89. The molecule has 1 aliphatic rings. The largest absolute Gasteiger partial charge is 0.505 e. The minimum absolute atomic E-state index is 0.0334. The van der Waals surface area contributed by atoms with Crippen molar-refractivity contribution < 1.29 is 32.5 Å². The lowest BCUT2D eigenvalue weighted by molar-refractivity contribution is -0.198. The Morgan fingerprint density at radius 2 is 1.87 bits per heavy atom. The summed E-state index contributed by atoms with van der Waals surface area (Å²) < 4.78 is 58.5. The Labute approximate surface area is 173 Å². The summed E-state index contributed by atoms with van der Waals surface area (Å²) in [6.07, 6.45) is 5.55. The number of hydrogen-bond donors (Lipinski definition) is 1. The van der Waals surface area contributed by atoms with E-state index in [9.17, 15) is 18.3 Å². The van der Waals surface area contributed by atoms with Gasteiger partial charge in [0.25, 0.3) is 0 Å². The highest BCUT2D eigenvalue weighted by molar-refractivity contribution is 5.51. The standard InChI is InChI=1S/C23H23F3O4/c1-2-3-4-11-28-20-10-8-17(21(25)22(20)26)23-29-13-16(14-30-23)6-5-15-7-9-19(27)18(24)12-15/h2,5-10,12,16,23,27H,1,3-4,11,13-14H2/b6-5+. The van der Waals surface area contributed by atoms with Gasteiger partial charge in [0.15, 0.2) is 29.4 Å². The van der Waals surface area contributed by atoms with Crippen molar-refractivity contribution in [2.24, 2.45) is 5.92 Å². The van der Waals surface area contributed by atoms with Crippen LogP contribution in [0, 0.1) is 23.4 Å². The highest BCUT2D eigenvalue weighted by atomic mass is 19.2. The number of hydrogen-bond acceptors (Lipinski definition) is 4. The van der Waals surface area contributed by atoms with Crippen molar-refractivity contribution in [1.82, 2.24) is 0 Å². The number of halogens is 3. The van der Waals surface area contributed by atoms with Gasteiger partial charge in [0.2, 0.25) is 5.82 Å². The molecule has 0 radical (unpaired) electrons. The molecule has 0 amide bonds. The Balaban J connectivity index is 1.57. The van der Waals surface area contributed by atoms with Crippen LogP contribution in [0.2, 0.25) is 0 Å². The summed E-state index contributed by atoms with van der Waals surface area (Å²) in [5.74, 6) is -3.55. The van der Waals surface area contributed by atoms with Crippen LogP contribution >= 0.6 is 0 Å². The van der Waals surface area contributed by atoms with Crippen LogP contribution in [0.4, 0.5) is 13.2 Å². The molecule has 1 heterocycles. The van der Waals surface area contributed by atoms with Crippen molar-refractivity contribution >= 4 is 6.08 Å². The molecule has 1 N–H and O–H groups in total. The van der Waals surface area contributed by atoms with Gasteiger partial charge in [-0.15, -0.1) is 6.58 Å². The first-order chi connectivity index (χ1) is 14.5. The van der Waals surface area contributed by atoms with Crippen LogP contribution in [-0.4, -0.2) is 24.9 Å². The lowest BCUT2D eigenvalue weighted by atomic mass is 10.1. The Kier molecular flexibility index (Phi) is 7.54. The summed E-state index contributed by atoms with van der Waals surface area (Å²) in [6, 6.07) is 6.80. The average molecular weight is 420 g/mol. The molecule has 0 aromatic heterocycles. The molecule has 0 spiro atoms. The zero-order chi connectivity index (χ0) is 21.5. The van der Waals surface area contributed by atoms with E-state index >= 15 is 0 Å². The monoisotopic (exact) mass is 420 g/mol. The Morgan fingerprint density at radius 1 is 1.10 bits per heavy atom. The van der Waals surface area contributed by atoms with Crippen LogP contribution in [0.5, 0.6) is 11.5 Å². The molecule has 30 heavy (non-hydrogen) atoms. The molecule has 3 rings (SSSR count). The van der Waals surface area contributed by atoms with Gasteiger partial charge in [0.1, 0.15) is 0 Å². The molecule has 1 saturated heterocycles. The number of phenolic OH excluding ortho intramolecular Hbond substituents is 1. The van der Waals surface area contributed by atoms with Crippen molar-refractivity contribution in [1.29, 1.82) is 0 Å². The normalized spacial score (nSPS) is 19.2. The van der Waals surface area contributed by atoms with Crippen molar-refractivity contribution in [2.45, 2.75) is 19.1 Å². The maximum atomic E-state index is 14.5. The maximum Gasteiger partial charge on any atom is 0.201 e. The zero-order valence-electron chi connectivity index (χ0n) is 16.3. The number of aromatic hydroxyl groups is 1. The van der Waals surface area contributed by atoms with Crippen LogP contribution in [0.3, 0.4) is 0 Å². The van der Waals surface area contributed by atoms with E-state index < -0.39 is 29.5 Å². The van der Waals surface area contributed by atoms with Gasteiger partial charge in [-0.3, -0.25) is 0 Å². The summed E-state index contributed by atoms with van der Waals surface area (Å²) in [4.78, 5) is 0. The Bertz CT molecular complexity index is 906. The van der Waals surface area contributed by atoms with Crippen molar-refractivity contribution in [3.05, 3.63) is 77.6 Å². The third-order valence-corrected chi connectivity index (χ3v) is 4.60.